The molecule has 0 bridgehead atoms. The molecular weight excluding hydrogens is 346 g/mol. The summed E-state index contributed by atoms with van der Waals surface area (Å²) < 4.78 is 5.26. The molecule has 1 N–H and O–H groups in total. The van der Waals surface area contributed by atoms with Crippen LogP contribution in [-0.4, -0.2) is 28.7 Å². The minimum atomic E-state index is -0.153. The zero-order chi connectivity index (χ0) is 17.9. The predicted octanol–water partition coefficient (Wildman–Crippen LogP) is 4.10. The molecule has 1 aromatic carbocycles. The Hall–Kier alpha value is -1.79. The lowest BCUT2D eigenvalue weighted by atomic mass is 10.2. The number of carbonyl (C=O) groups excluding carboxylic acids is 1. The lowest BCUT2D eigenvalue weighted by Crippen LogP contribution is -2.15. The first kappa shape index (κ1) is 18.5. The average Bonchev–Trinajstić information content (AvgIpc) is 2.53. The maximum Gasteiger partial charge on any atom is 0.234 e. The van der Waals surface area contributed by atoms with Gasteiger partial charge in [-0.15, -0.1) is 0 Å². The van der Waals surface area contributed by atoms with E-state index in [1.165, 1.54) is 18.9 Å². The van der Waals surface area contributed by atoms with Gasteiger partial charge >= 0.3 is 0 Å². The van der Waals surface area contributed by atoms with Crippen LogP contribution < -0.4 is 10.1 Å². The summed E-state index contributed by atoms with van der Waals surface area (Å²) in [5.41, 5.74) is 4.40. The first-order valence-corrected chi connectivity index (χ1v) is 8.76. The van der Waals surface area contributed by atoms with Crippen LogP contribution >= 0.6 is 23.4 Å². The van der Waals surface area contributed by atoms with E-state index in [0.717, 1.165) is 22.5 Å². The van der Waals surface area contributed by atoms with Crippen molar-refractivity contribution in [3.8, 4) is 5.75 Å². The van der Waals surface area contributed by atoms with Crippen LogP contribution in [0.4, 0.5) is 5.69 Å². The molecule has 0 aliphatic rings. The second-order valence-electron chi connectivity index (χ2n) is 5.44. The highest BCUT2D eigenvalue weighted by atomic mass is 35.5. The van der Waals surface area contributed by atoms with Gasteiger partial charge in [0, 0.05) is 22.5 Å². The number of carbonyl (C=O) groups is 1. The smallest absolute Gasteiger partial charge is 0.234 e. The fourth-order valence-corrected chi connectivity index (χ4v) is 2.94. The van der Waals surface area contributed by atoms with Gasteiger partial charge < -0.3 is 10.1 Å². The van der Waals surface area contributed by atoms with Crippen molar-refractivity contribution in [1.82, 2.24) is 9.97 Å². The van der Waals surface area contributed by atoms with E-state index >= 15 is 0 Å². The summed E-state index contributed by atoms with van der Waals surface area (Å²) in [4.78, 5) is 21.0. The minimum absolute atomic E-state index is 0.153. The summed E-state index contributed by atoms with van der Waals surface area (Å²) >= 11 is 7.38. The highest BCUT2D eigenvalue weighted by Gasteiger charge is 2.12. The lowest BCUT2D eigenvalue weighted by molar-refractivity contribution is -0.113. The second kappa shape index (κ2) is 7.85. The number of methoxy groups -OCH3 is 1. The molecule has 1 heterocycles. The van der Waals surface area contributed by atoms with Crippen molar-refractivity contribution < 1.29 is 9.53 Å². The van der Waals surface area contributed by atoms with Crippen LogP contribution in [0, 0.1) is 27.7 Å². The van der Waals surface area contributed by atoms with Crippen molar-refractivity contribution in [2.75, 3.05) is 18.2 Å². The topological polar surface area (TPSA) is 64.1 Å². The Kier molecular flexibility index (Phi) is 6.07. The van der Waals surface area contributed by atoms with E-state index in [1.54, 1.807) is 12.1 Å². The number of hydrogen-bond donors (Lipinski definition) is 1. The van der Waals surface area contributed by atoms with Gasteiger partial charge in [0.25, 0.3) is 0 Å². The van der Waals surface area contributed by atoms with Crippen molar-refractivity contribution in [2.24, 2.45) is 0 Å². The van der Waals surface area contributed by atoms with Gasteiger partial charge in [-0.2, -0.15) is 0 Å². The Bertz CT molecular complexity index is 758. The molecule has 5 nitrogen and oxygen atoms in total. The van der Waals surface area contributed by atoms with E-state index in [9.17, 15) is 4.79 Å². The van der Waals surface area contributed by atoms with Gasteiger partial charge in [0.05, 0.1) is 18.6 Å². The fourth-order valence-electron chi connectivity index (χ4n) is 2.05. The van der Waals surface area contributed by atoms with E-state index < -0.39 is 0 Å². The Morgan fingerprint density at radius 3 is 2.42 bits per heavy atom. The Morgan fingerprint density at radius 1 is 1.21 bits per heavy atom. The highest BCUT2D eigenvalue weighted by molar-refractivity contribution is 7.99. The van der Waals surface area contributed by atoms with E-state index in [2.05, 4.69) is 15.3 Å². The number of aromatic nitrogens is 2. The quantitative estimate of drug-likeness (QED) is 0.638. The summed E-state index contributed by atoms with van der Waals surface area (Å²) in [6.07, 6.45) is 0. The molecule has 24 heavy (non-hydrogen) atoms. The largest absolute Gasteiger partial charge is 0.495 e. The highest BCUT2D eigenvalue weighted by Crippen LogP contribution is 2.31. The predicted molar refractivity (Wildman–Crippen MR) is 98.3 cm³/mol. The van der Waals surface area contributed by atoms with Crippen molar-refractivity contribution >= 4 is 35.0 Å². The van der Waals surface area contributed by atoms with Gasteiger partial charge in [-0.05, 0) is 44.9 Å². The maximum atomic E-state index is 12.2. The van der Waals surface area contributed by atoms with Crippen LogP contribution in [0.25, 0.3) is 0 Å². The molecule has 0 radical (unpaired) electrons. The molecule has 0 fully saturated rings. The Balaban J connectivity index is 2.05. The van der Waals surface area contributed by atoms with Gasteiger partial charge in [0.15, 0.2) is 5.16 Å². The number of ether oxygens (including phenoxy) is 1. The normalized spacial score (nSPS) is 10.6. The summed E-state index contributed by atoms with van der Waals surface area (Å²) in [6.45, 7) is 7.74. The molecule has 0 aliphatic carbocycles. The summed E-state index contributed by atoms with van der Waals surface area (Å²) in [5.74, 6) is 0.592. The lowest BCUT2D eigenvalue weighted by Gasteiger charge is -2.12. The SMILES string of the molecule is COc1cc(Cl)c(C)cc1NC(=O)CSc1nc(C)c(C)c(C)n1. The molecule has 0 aliphatic heterocycles. The third kappa shape index (κ3) is 4.39. The van der Waals surface area contributed by atoms with Crippen molar-refractivity contribution in [1.29, 1.82) is 0 Å². The van der Waals surface area contributed by atoms with Gasteiger partial charge in [0.2, 0.25) is 5.91 Å². The molecule has 1 amide bonds. The third-order valence-corrected chi connectivity index (χ3v) is 4.95. The third-order valence-electron chi connectivity index (χ3n) is 3.70. The van der Waals surface area contributed by atoms with Gasteiger partial charge in [-0.25, -0.2) is 9.97 Å². The molecule has 7 heteroatoms. The number of anilines is 1. The van der Waals surface area contributed by atoms with E-state index in [-0.39, 0.29) is 11.7 Å². The number of rotatable bonds is 5. The van der Waals surface area contributed by atoms with E-state index in [4.69, 9.17) is 16.3 Å². The number of hydrogen-bond acceptors (Lipinski definition) is 5. The van der Waals surface area contributed by atoms with E-state index in [1.807, 2.05) is 27.7 Å². The van der Waals surface area contributed by atoms with Crippen LogP contribution in [0.1, 0.15) is 22.5 Å². The zero-order valence-electron chi connectivity index (χ0n) is 14.4. The van der Waals surface area contributed by atoms with Gasteiger partial charge in [0.1, 0.15) is 5.75 Å². The standard InChI is InChI=1S/C17H20ClN3O2S/c1-9-6-14(15(23-5)7-13(9)18)21-16(22)8-24-17-19-11(3)10(2)12(4)20-17/h6-7H,8H2,1-5H3,(H,21,22). The zero-order valence-corrected chi connectivity index (χ0v) is 15.9. The van der Waals surface area contributed by atoms with Crippen molar-refractivity contribution in [3.05, 3.63) is 39.7 Å². The number of amides is 1. The number of nitrogens with one attached hydrogen (secondary N) is 1. The summed E-state index contributed by atoms with van der Waals surface area (Å²) in [6, 6.07) is 3.48. The molecular formula is C17H20ClN3O2S. The molecule has 0 saturated heterocycles. The number of thioether (sulfide) groups is 1. The second-order valence-corrected chi connectivity index (χ2v) is 6.79. The molecule has 1 aromatic heterocycles. The van der Waals surface area contributed by atoms with Crippen LogP contribution in [0.5, 0.6) is 5.75 Å². The average molecular weight is 366 g/mol. The first-order valence-electron chi connectivity index (χ1n) is 7.40. The molecule has 2 rings (SSSR count). The van der Waals surface area contributed by atoms with E-state index in [0.29, 0.717) is 21.6 Å². The van der Waals surface area contributed by atoms with Crippen molar-refractivity contribution in [2.45, 2.75) is 32.9 Å². The van der Waals surface area contributed by atoms with Gasteiger partial charge in [-0.3, -0.25) is 4.79 Å². The maximum absolute atomic E-state index is 12.2. The Morgan fingerprint density at radius 2 is 1.83 bits per heavy atom. The number of aryl methyl sites for hydroxylation is 3. The fraction of sp³-hybridized carbons (Fsp3) is 0.353. The number of benzene rings is 1. The van der Waals surface area contributed by atoms with Gasteiger partial charge in [-0.1, -0.05) is 23.4 Å². The molecule has 0 atom stereocenters. The van der Waals surface area contributed by atoms with Crippen molar-refractivity contribution in [3.63, 3.8) is 0 Å². The van der Waals surface area contributed by atoms with Crippen LogP contribution in [-0.2, 0) is 4.79 Å². The molecule has 0 unspecified atom stereocenters. The monoisotopic (exact) mass is 365 g/mol. The minimum Gasteiger partial charge on any atom is -0.495 e. The molecule has 0 spiro atoms. The number of nitrogens with zero attached hydrogens (tertiary/aromatic N) is 2. The van der Waals surface area contributed by atoms with Crippen LogP contribution in [0.15, 0.2) is 17.3 Å². The molecule has 128 valence electrons. The summed E-state index contributed by atoms with van der Waals surface area (Å²) in [5, 5.41) is 4.04. The van der Waals surface area contributed by atoms with Crippen LogP contribution in [0.2, 0.25) is 5.02 Å². The first-order chi connectivity index (χ1) is 11.3. The molecule has 0 saturated carbocycles. The van der Waals surface area contributed by atoms with Crippen LogP contribution in [0.3, 0.4) is 0 Å². The summed E-state index contributed by atoms with van der Waals surface area (Å²) in [7, 11) is 1.54. The Labute approximate surface area is 151 Å². The number of halogens is 1. The molecule has 2 aromatic rings.